The fourth-order valence-electron chi connectivity index (χ4n) is 3.37. The topological polar surface area (TPSA) is 110 Å². The van der Waals surface area contributed by atoms with Crippen LogP contribution in [0.4, 0.5) is 5.13 Å². The number of nitrogen functional groups attached to an aromatic ring is 1. The predicted octanol–water partition coefficient (Wildman–Crippen LogP) is 0.910. The number of nitrogens with zero attached hydrogens (tertiary/aromatic N) is 3. The average Bonchev–Trinajstić information content (AvgIpc) is 3.43. The van der Waals surface area contributed by atoms with Gasteiger partial charge in [-0.05, 0) is 24.5 Å². The van der Waals surface area contributed by atoms with E-state index in [1.165, 1.54) is 11.3 Å². The van der Waals surface area contributed by atoms with Crippen molar-refractivity contribution in [3.05, 3.63) is 41.2 Å². The quantitative estimate of drug-likeness (QED) is 0.762. The van der Waals surface area contributed by atoms with Crippen LogP contribution in [0.25, 0.3) is 0 Å². The molecule has 2 atom stereocenters. The first-order valence-corrected chi connectivity index (χ1v) is 9.81. The highest BCUT2D eigenvalue weighted by molar-refractivity contribution is 7.13. The number of anilines is 1. The van der Waals surface area contributed by atoms with Crippen LogP contribution in [0.1, 0.15) is 30.1 Å². The van der Waals surface area contributed by atoms with Crippen molar-refractivity contribution in [1.82, 2.24) is 20.2 Å². The van der Waals surface area contributed by atoms with Gasteiger partial charge < -0.3 is 20.7 Å². The van der Waals surface area contributed by atoms with Crippen molar-refractivity contribution in [2.75, 3.05) is 18.9 Å². The fraction of sp³-hybridized carbons (Fsp3) is 0.444. The van der Waals surface area contributed by atoms with Crippen molar-refractivity contribution < 1.29 is 14.3 Å². The number of hydrogen-bond acceptors (Lipinski definition) is 7. The second kappa shape index (κ2) is 7.61. The highest BCUT2D eigenvalue weighted by atomic mass is 32.1. The van der Waals surface area contributed by atoms with E-state index in [4.69, 9.17) is 10.5 Å². The van der Waals surface area contributed by atoms with E-state index in [2.05, 4.69) is 15.3 Å². The molecule has 2 amide bonds. The Labute approximate surface area is 160 Å². The summed E-state index contributed by atoms with van der Waals surface area (Å²) in [6.07, 6.45) is 5.12. The number of nitrogens with two attached hydrogens (primary N) is 1. The Bertz CT molecular complexity index is 823. The molecule has 1 aliphatic heterocycles. The first-order chi connectivity index (χ1) is 13.1. The third kappa shape index (κ3) is 3.93. The van der Waals surface area contributed by atoms with Gasteiger partial charge in [0.1, 0.15) is 6.61 Å². The number of carbonyl (C=O) groups excluding carboxylic acids is 2. The molecule has 9 heteroatoms. The second-order valence-electron chi connectivity index (χ2n) is 6.71. The van der Waals surface area contributed by atoms with E-state index >= 15 is 0 Å². The molecule has 0 unspecified atom stereocenters. The number of pyridine rings is 1. The van der Waals surface area contributed by atoms with E-state index in [-0.39, 0.29) is 24.5 Å². The van der Waals surface area contributed by atoms with Crippen LogP contribution in [-0.4, -0.2) is 52.0 Å². The van der Waals surface area contributed by atoms with Gasteiger partial charge in [-0.1, -0.05) is 6.07 Å². The van der Waals surface area contributed by atoms with Gasteiger partial charge >= 0.3 is 0 Å². The molecule has 1 saturated carbocycles. The third-order valence-corrected chi connectivity index (χ3v) is 5.46. The molecule has 8 nitrogen and oxygen atoms in total. The molecule has 2 aromatic rings. The molecule has 4 rings (SSSR count). The van der Waals surface area contributed by atoms with Crippen LogP contribution in [0.3, 0.4) is 0 Å². The summed E-state index contributed by atoms with van der Waals surface area (Å²) in [6.45, 7) is 0.354. The lowest BCUT2D eigenvalue weighted by molar-refractivity contribution is -0.165. The van der Waals surface area contributed by atoms with Gasteiger partial charge in [-0.3, -0.25) is 14.6 Å². The Hall–Kier alpha value is -2.52. The van der Waals surface area contributed by atoms with Crippen LogP contribution in [0.5, 0.6) is 0 Å². The first kappa shape index (κ1) is 17.9. The average molecular weight is 387 g/mol. The minimum atomic E-state index is -0.756. The first-order valence-electron chi connectivity index (χ1n) is 8.94. The molecule has 2 fully saturated rings. The van der Waals surface area contributed by atoms with Crippen molar-refractivity contribution in [2.24, 2.45) is 0 Å². The Kier molecular flexibility index (Phi) is 5.04. The smallest absolute Gasteiger partial charge is 0.251 e. The highest BCUT2D eigenvalue weighted by Crippen LogP contribution is 2.39. The molecule has 0 aromatic carbocycles. The number of hydrogen-bond donors (Lipinski definition) is 2. The zero-order chi connectivity index (χ0) is 18.8. The summed E-state index contributed by atoms with van der Waals surface area (Å²) in [5, 5.41) is 5.30. The van der Waals surface area contributed by atoms with E-state index < -0.39 is 12.1 Å². The minimum absolute atomic E-state index is 0.0754. The zero-order valence-corrected chi connectivity index (χ0v) is 15.5. The molecule has 142 valence electrons. The summed E-state index contributed by atoms with van der Waals surface area (Å²) in [5.41, 5.74) is 7.29. The van der Waals surface area contributed by atoms with Gasteiger partial charge in [0.05, 0.1) is 11.7 Å². The maximum atomic E-state index is 12.8. The summed E-state index contributed by atoms with van der Waals surface area (Å²) in [7, 11) is 0. The van der Waals surface area contributed by atoms with Crippen LogP contribution in [0.2, 0.25) is 0 Å². The lowest BCUT2D eigenvalue weighted by Crippen LogP contribution is -2.55. The molecule has 2 aromatic heterocycles. The summed E-state index contributed by atoms with van der Waals surface area (Å²) in [6, 6.07) is 3.41. The Morgan fingerprint density at radius 1 is 1.44 bits per heavy atom. The molecule has 2 aliphatic rings. The van der Waals surface area contributed by atoms with E-state index in [9.17, 15) is 9.59 Å². The molecule has 0 spiro atoms. The Balaban J connectivity index is 1.48. The number of nitrogens with one attached hydrogen (secondary N) is 1. The van der Waals surface area contributed by atoms with Crippen LogP contribution >= 0.6 is 11.3 Å². The van der Waals surface area contributed by atoms with Crippen molar-refractivity contribution in [3.8, 4) is 0 Å². The number of ether oxygens (including phenoxy) is 1. The van der Waals surface area contributed by atoms with E-state index in [0.29, 0.717) is 18.1 Å². The summed E-state index contributed by atoms with van der Waals surface area (Å²) in [4.78, 5) is 35.4. The number of rotatable bonds is 6. The molecule has 3 N–H and O–H groups in total. The number of morpholine rings is 1. The van der Waals surface area contributed by atoms with E-state index in [0.717, 1.165) is 24.1 Å². The van der Waals surface area contributed by atoms with Crippen molar-refractivity contribution >= 4 is 28.3 Å². The van der Waals surface area contributed by atoms with Gasteiger partial charge in [0.25, 0.3) is 5.91 Å². The molecule has 1 saturated heterocycles. The van der Waals surface area contributed by atoms with Crippen molar-refractivity contribution in [1.29, 1.82) is 0 Å². The van der Waals surface area contributed by atoms with Gasteiger partial charge in [0, 0.05) is 36.8 Å². The van der Waals surface area contributed by atoms with Crippen LogP contribution in [0.15, 0.2) is 29.9 Å². The minimum Gasteiger partial charge on any atom is -0.375 e. The standard InChI is InChI=1S/C18H21N5O3S/c19-18-22-12(10-27-18)5-7-21-17(25)16-15(11-2-1-6-20-8-11)23(13-3-4-13)14(24)9-26-16/h1-2,6,8,10,13,15-16H,3-5,7,9H2,(H2,19,22)(H,21,25)/t15-,16+/m1/s1. The summed E-state index contributed by atoms with van der Waals surface area (Å²) in [5.74, 6) is -0.307. The molecule has 3 heterocycles. The predicted molar refractivity (Wildman–Crippen MR) is 99.8 cm³/mol. The number of amides is 2. The summed E-state index contributed by atoms with van der Waals surface area (Å²) >= 11 is 1.38. The lowest BCUT2D eigenvalue weighted by Gasteiger charge is -2.40. The van der Waals surface area contributed by atoms with Crippen LogP contribution in [-0.2, 0) is 20.7 Å². The largest absolute Gasteiger partial charge is 0.375 e. The highest BCUT2D eigenvalue weighted by Gasteiger charge is 2.47. The molecular formula is C18H21N5O3S. The third-order valence-electron chi connectivity index (χ3n) is 4.74. The monoisotopic (exact) mass is 387 g/mol. The SMILES string of the molecule is Nc1nc(CCNC(=O)[C@H]2OCC(=O)N(C3CC3)[C@@H]2c2cccnc2)cs1. The van der Waals surface area contributed by atoms with Gasteiger partial charge in [-0.15, -0.1) is 11.3 Å². The Morgan fingerprint density at radius 3 is 2.96 bits per heavy atom. The van der Waals surface area contributed by atoms with Gasteiger partial charge in [-0.25, -0.2) is 4.98 Å². The molecular weight excluding hydrogens is 366 g/mol. The zero-order valence-electron chi connectivity index (χ0n) is 14.7. The molecule has 1 aliphatic carbocycles. The normalized spacial score (nSPS) is 22.7. The maximum absolute atomic E-state index is 12.8. The van der Waals surface area contributed by atoms with Gasteiger partial charge in [0.15, 0.2) is 11.2 Å². The molecule has 27 heavy (non-hydrogen) atoms. The van der Waals surface area contributed by atoms with Crippen molar-refractivity contribution in [3.63, 3.8) is 0 Å². The summed E-state index contributed by atoms with van der Waals surface area (Å²) < 4.78 is 5.67. The maximum Gasteiger partial charge on any atom is 0.251 e. The van der Waals surface area contributed by atoms with E-state index in [1.807, 2.05) is 16.3 Å². The van der Waals surface area contributed by atoms with Crippen LogP contribution in [0, 0.1) is 0 Å². The van der Waals surface area contributed by atoms with Gasteiger partial charge in [-0.2, -0.15) is 0 Å². The van der Waals surface area contributed by atoms with E-state index in [1.54, 1.807) is 18.5 Å². The lowest BCUT2D eigenvalue weighted by atomic mass is 9.98. The molecule has 0 radical (unpaired) electrons. The fourth-order valence-corrected chi connectivity index (χ4v) is 3.97. The number of carbonyl (C=O) groups is 2. The molecule has 0 bridgehead atoms. The second-order valence-corrected chi connectivity index (χ2v) is 7.60. The number of aromatic nitrogens is 2. The van der Waals surface area contributed by atoms with Crippen LogP contribution < -0.4 is 11.1 Å². The van der Waals surface area contributed by atoms with Gasteiger partial charge in [0.2, 0.25) is 5.91 Å². The number of thiazole rings is 1. The Morgan fingerprint density at radius 2 is 2.30 bits per heavy atom. The van der Waals surface area contributed by atoms with Crippen molar-refractivity contribution in [2.45, 2.75) is 37.5 Å².